The van der Waals surface area contributed by atoms with Gasteiger partial charge in [0.15, 0.2) is 11.5 Å². The Kier molecular flexibility index (Phi) is 4.04. The van der Waals surface area contributed by atoms with Crippen molar-refractivity contribution in [3.8, 4) is 11.5 Å². The first-order valence-corrected chi connectivity index (χ1v) is 6.99. The molecule has 0 atom stereocenters. The Morgan fingerprint density at radius 2 is 1.84 bits per heavy atom. The van der Waals surface area contributed by atoms with Crippen LogP contribution in [-0.4, -0.2) is 20.8 Å². The number of methoxy groups -OCH3 is 2. The summed E-state index contributed by atoms with van der Waals surface area (Å²) in [6.45, 7) is 5.28. The minimum absolute atomic E-state index is 0.133. The van der Waals surface area contributed by atoms with E-state index in [4.69, 9.17) is 15.2 Å². The molecule has 2 rings (SSSR count). The van der Waals surface area contributed by atoms with E-state index in [0.717, 1.165) is 23.3 Å². The van der Waals surface area contributed by atoms with Gasteiger partial charge in [0, 0.05) is 12.0 Å². The Hall–Kier alpha value is -1.22. The molecule has 106 valence electrons. The molecule has 3 heteroatoms. The van der Waals surface area contributed by atoms with Gasteiger partial charge in [-0.15, -0.1) is 0 Å². The predicted octanol–water partition coefficient (Wildman–Crippen LogP) is 2.97. The largest absolute Gasteiger partial charge is 0.493 e. The van der Waals surface area contributed by atoms with Crippen LogP contribution in [0.3, 0.4) is 0 Å². The Labute approximate surface area is 116 Å². The third kappa shape index (κ3) is 2.44. The number of hydrogen-bond donors (Lipinski definition) is 1. The van der Waals surface area contributed by atoms with Crippen molar-refractivity contribution in [1.29, 1.82) is 0 Å². The highest BCUT2D eigenvalue weighted by atomic mass is 16.5. The van der Waals surface area contributed by atoms with Crippen molar-refractivity contribution in [2.24, 2.45) is 17.6 Å². The Bertz CT molecular complexity index is 436. The maximum Gasteiger partial charge on any atom is 0.161 e. The second-order valence-corrected chi connectivity index (χ2v) is 5.97. The lowest BCUT2D eigenvalue weighted by Gasteiger charge is -2.49. The molecule has 0 aliphatic heterocycles. The fraction of sp³-hybridized carbons (Fsp3) is 0.625. The van der Waals surface area contributed by atoms with Gasteiger partial charge in [-0.05, 0) is 42.4 Å². The van der Waals surface area contributed by atoms with E-state index in [1.165, 1.54) is 18.4 Å². The van der Waals surface area contributed by atoms with Gasteiger partial charge in [0.2, 0.25) is 0 Å². The topological polar surface area (TPSA) is 44.5 Å². The zero-order valence-electron chi connectivity index (χ0n) is 12.4. The number of ether oxygens (including phenoxy) is 2. The van der Waals surface area contributed by atoms with Crippen LogP contribution in [0.4, 0.5) is 0 Å². The third-order valence-electron chi connectivity index (χ3n) is 4.64. The van der Waals surface area contributed by atoms with E-state index >= 15 is 0 Å². The van der Waals surface area contributed by atoms with E-state index in [9.17, 15) is 0 Å². The predicted molar refractivity (Wildman–Crippen MR) is 77.8 cm³/mol. The van der Waals surface area contributed by atoms with Crippen LogP contribution in [0.1, 0.15) is 32.3 Å². The highest BCUT2D eigenvalue weighted by Gasteiger charge is 2.45. The van der Waals surface area contributed by atoms with Gasteiger partial charge in [0.25, 0.3) is 0 Å². The molecule has 1 saturated carbocycles. The van der Waals surface area contributed by atoms with E-state index in [1.807, 2.05) is 6.07 Å². The minimum atomic E-state index is 0.133. The summed E-state index contributed by atoms with van der Waals surface area (Å²) in [5.74, 6) is 3.09. The van der Waals surface area contributed by atoms with Gasteiger partial charge in [-0.25, -0.2) is 0 Å². The van der Waals surface area contributed by atoms with Crippen LogP contribution in [0.15, 0.2) is 18.2 Å². The van der Waals surface area contributed by atoms with Crippen LogP contribution in [0.25, 0.3) is 0 Å². The number of nitrogens with two attached hydrogens (primary N) is 1. The summed E-state index contributed by atoms with van der Waals surface area (Å²) in [5, 5.41) is 0. The molecule has 0 radical (unpaired) electrons. The summed E-state index contributed by atoms with van der Waals surface area (Å²) in [4.78, 5) is 0. The summed E-state index contributed by atoms with van der Waals surface area (Å²) in [7, 11) is 3.34. The molecule has 2 N–H and O–H groups in total. The molecule has 1 aromatic rings. The fourth-order valence-corrected chi connectivity index (χ4v) is 3.10. The second-order valence-electron chi connectivity index (χ2n) is 5.97. The average molecular weight is 263 g/mol. The van der Waals surface area contributed by atoms with Crippen molar-refractivity contribution in [3.63, 3.8) is 0 Å². The molecule has 0 spiro atoms. The van der Waals surface area contributed by atoms with Crippen LogP contribution in [0.2, 0.25) is 0 Å². The lowest BCUT2D eigenvalue weighted by atomic mass is 9.56. The SMILES string of the molecule is COc1ccc(C2(CN)CC(C(C)C)C2)cc1OC. The van der Waals surface area contributed by atoms with E-state index in [-0.39, 0.29) is 5.41 Å². The Balaban J connectivity index is 2.26. The smallest absolute Gasteiger partial charge is 0.161 e. The van der Waals surface area contributed by atoms with Gasteiger partial charge in [0.05, 0.1) is 14.2 Å². The molecule has 0 aromatic heterocycles. The highest BCUT2D eigenvalue weighted by molar-refractivity contribution is 5.46. The van der Waals surface area contributed by atoms with Gasteiger partial charge in [-0.2, -0.15) is 0 Å². The van der Waals surface area contributed by atoms with Crippen molar-refractivity contribution in [1.82, 2.24) is 0 Å². The van der Waals surface area contributed by atoms with E-state index in [2.05, 4.69) is 26.0 Å². The highest BCUT2D eigenvalue weighted by Crippen LogP contribution is 2.51. The summed E-state index contributed by atoms with van der Waals surface area (Å²) >= 11 is 0. The molecule has 0 unspecified atom stereocenters. The van der Waals surface area contributed by atoms with Crippen molar-refractivity contribution in [2.45, 2.75) is 32.1 Å². The Morgan fingerprint density at radius 1 is 1.21 bits per heavy atom. The molecular weight excluding hydrogens is 238 g/mol. The van der Waals surface area contributed by atoms with Gasteiger partial charge < -0.3 is 15.2 Å². The van der Waals surface area contributed by atoms with Gasteiger partial charge >= 0.3 is 0 Å². The van der Waals surface area contributed by atoms with Crippen molar-refractivity contribution < 1.29 is 9.47 Å². The van der Waals surface area contributed by atoms with Gasteiger partial charge in [-0.1, -0.05) is 19.9 Å². The van der Waals surface area contributed by atoms with E-state index in [0.29, 0.717) is 6.54 Å². The zero-order chi connectivity index (χ0) is 14.0. The van der Waals surface area contributed by atoms with Crippen molar-refractivity contribution in [3.05, 3.63) is 23.8 Å². The molecule has 1 aliphatic carbocycles. The standard InChI is InChI=1S/C16H25NO2/c1-11(2)12-8-16(9-12,10-17)13-5-6-14(18-3)15(7-13)19-4/h5-7,11-12H,8-10,17H2,1-4H3. The zero-order valence-corrected chi connectivity index (χ0v) is 12.4. The summed E-state index contributed by atoms with van der Waals surface area (Å²) in [6, 6.07) is 6.20. The first-order chi connectivity index (χ1) is 9.06. The molecule has 3 nitrogen and oxygen atoms in total. The number of benzene rings is 1. The van der Waals surface area contributed by atoms with Crippen LogP contribution >= 0.6 is 0 Å². The van der Waals surface area contributed by atoms with Gasteiger partial charge in [-0.3, -0.25) is 0 Å². The normalized spacial score (nSPS) is 26.1. The second kappa shape index (κ2) is 5.41. The number of hydrogen-bond acceptors (Lipinski definition) is 3. The van der Waals surface area contributed by atoms with Crippen molar-refractivity contribution in [2.75, 3.05) is 20.8 Å². The van der Waals surface area contributed by atoms with E-state index in [1.54, 1.807) is 14.2 Å². The first-order valence-electron chi connectivity index (χ1n) is 6.99. The summed E-state index contributed by atoms with van der Waals surface area (Å²) in [6.07, 6.45) is 2.35. The molecule has 0 heterocycles. The van der Waals surface area contributed by atoms with Gasteiger partial charge in [0.1, 0.15) is 0 Å². The quantitative estimate of drug-likeness (QED) is 0.888. The molecule has 19 heavy (non-hydrogen) atoms. The Morgan fingerprint density at radius 3 is 2.32 bits per heavy atom. The molecule has 1 aliphatic rings. The molecular formula is C16H25NO2. The lowest BCUT2D eigenvalue weighted by molar-refractivity contribution is 0.106. The third-order valence-corrected chi connectivity index (χ3v) is 4.64. The minimum Gasteiger partial charge on any atom is -0.493 e. The van der Waals surface area contributed by atoms with Crippen LogP contribution in [-0.2, 0) is 5.41 Å². The van der Waals surface area contributed by atoms with Crippen LogP contribution < -0.4 is 15.2 Å². The lowest BCUT2D eigenvalue weighted by Crippen LogP contribution is -2.48. The first kappa shape index (κ1) is 14.2. The molecule has 1 aromatic carbocycles. The fourth-order valence-electron chi connectivity index (χ4n) is 3.10. The van der Waals surface area contributed by atoms with Crippen LogP contribution in [0, 0.1) is 11.8 Å². The maximum atomic E-state index is 6.05. The number of rotatable bonds is 5. The van der Waals surface area contributed by atoms with Crippen molar-refractivity contribution >= 4 is 0 Å². The monoisotopic (exact) mass is 263 g/mol. The maximum absolute atomic E-state index is 6.05. The summed E-state index contributed by atoms with van der Waals surface area (Å²) < 4.78 is 10.7. The molecule has 0 amide bonds. The molecule has 0 bridgehead atoms. The summed E-state index contributed by atoms with van der Waals surface area (Å²) in [5.41, 5.74) is 7.47. The van der Waals surface area contributed by atoms with Crippen LogP contribution in [0.5, 0.6) is 11.5 Å². The molecule has 0 saturated heterocycles. The molecule has 1 fully saturated rings. The average Bonchev–Trinajstić information content (AvgIpc) is 2.37. The van der Waals surface area contributed by atoms with E-state index < -0.39 is 0 Å².